The highest BCUT2D eigenvalue weighted by molar-refractivity contribution is 5.69. The van der Waals surface area contributed by atoms with E-state index in [1.807, 2.05) is 0 Å². The van der Waals surface area contributed by atoms with Gasteiger partial charge in [0.25, 0.3) is 0 Å². The Bertz CT molecular complexity index is 130. The number of hydrogen-bond acceptors (Lipinski definition) is 4. The van der Waals surface area contributed by atoms with Crippen molar-refractivity contribution in [3.05, 3.63) is 0 Å². The molecule has 0 saturated heterocycles. The number of ether oxygens (including phenoxy) is 1. The average Bonchev–Trinajstić information content (AvgIpc) is 2.05. The van der Waals surface area contributed by atoms with Crippen molar-refractivity contribution < 1.29 is 19.7 Å². The Hall–Kier alpha value is -0.610. The highest BCUT2D eigenvalue weighted by Gasteiger charge is 2.13. The maximum absolute atomic E-state index is 11.0. The van der Waals surface area contributed by atoms with Crippen LogP contribution in [0.15, 0.2) is 0 Å². The van der Waals surface area contributed by atoms with Gasteiger partial charge >= 0.3 is 5.97 Å². The second kappa shape index (κ2) is 8.01. The molecule has 0 aromatic rings. The monoisotopic (exact) mass is 190 g/mol. The van der Waals surface area contributed by atoms with Crippen molar-refractivity contribution in [2.45, 2.75) is 26.2 Å². The van der Waals surface area contributed by atoms with E-state index in [1.54, 1.807) is 6.92 Å². The molecule has 78 valence electrons. The van der Waals surface area contributed by atoms with Crippen LogP contribution in [0.4, 0.5) is 0 Å². The Balaban J connectivity index is 3.71. The zero-order valence-electron chi connectivity index (χ0n) is 8.03. The summed E-state index contributed by atoms with van der Waals surface area (Å²) < 4.78 is 4.76. The van der Waals surface area contributed by atoms with Crippen LogP contribution < -0.4 is 0 Å². The normalized spacial score (nSPS) is 10.5. The van der Waals surface area contributed by atoms with E-state index in [4.69, 9.17) is 14.9 Å². The first-order chi connectivity index (χ1) is 6.24. The second-order valence-electron chi connectivity index (χ2n) is 2.90. The fourth-order valence-electron chi connectivity index (χ4n) is 1.17. The third kappa shape index (κ3) is 6.54. The molecule has 0 radical (unpaired) electrons. The van der Waals surface area contributed by atoms with Crippen molar-refractivity contribution in [1.82, 2.24) is 0 Å². The number of carbonyl (C=O) groups excluding carboxylic acids is 1. The fourth-order valence-corrected chi connectivity index (χ4v) is 1.17. The summed E-state index contributed by atoms with van der Waals surface area (Å²) in [7, 11) is 0. The summed E-state index contributed by atoms with van der Waals surface area (Å²) in [5.41, 5.74) is 0. The van der Waals surface area contributed by atoms with Gasteiger partial charge in [0.05, 0.1) is 6.61 Å². The molecular weight excluding hydrogens is 172 g/mol. The van der Waals surface area contributed by atoms with Crippen LogP contribution >= 0.6 is 0 Å². The van der Waals surface area contributed by atoms with E-state index in [1.165, 1.54) is 0 Å². The zero-order chi connectivity index (χ0) is 10.1. The van der Waals surface area contributed by atoms with E-state index in [2.05, 4.69) is 0 Å². The number of aliphatic hydroxyl groups is 2. The molecule has 0 bridgehead atoms. The summed E-state index contributed by atoms with van der Waals surface area (Å²) in [5, 5.41) is 17.3. The molecular formula is C9H18O4. The van der Waals surface area contributed by atoms with Crippen LogP contribution in [-0.4, -0.2) is 36.0 Å². The molecule has 13 heavy (non-hydrogen) atoms. The molecule has 0 saturated carbocycles. The molecule has 0 spiro atoms. The standard InChI is InChI=1S/C9H18O4/c1-2-13-9(12)7-8(3-5-10)4-6-11/h8,10-11H,2-7H2,1H3. The third-order valence-corrected chi connectivity index (χ3v) is 1.84. The number of esters is 1. The van der Waals surface area contributed by atoms with Gasteiger partial charge in [0.2, 0.25) is 0 Å². The summed E-state index contributed by atoms with van der Waals surface area (Å²) in [4.78, 5) is 11.0. The van der Waals surface area contributed by atoms with Crippen molar-refractivity contribution >= 4 is 5.97 Å². The zero-order valence-corrected chi connectivity index (χ0v) is 8.03. The predicted octanol–water partition coefficient (Wildman–Crippen LogP) is 0.321. The van der Waals surface area contributed by atoms with Crippen LogP contribution in [-0.2, 0) is 9.53 Å². The molecule has 0 aromatic carbocycles. The average molecular weight is 190 g/mol. The summed E-state index contributed by atoms with van der Waals surface area (Å²) in [6.07, 6.45) is 1.37. The largest absolute Gasteiger partial charge is 0.466 e. The van der Waals surface area contributed by atoms with Crippen LogP contribution in [0.1, 0.15) is 26.2 Å². The smallest absolute Gasteiger partial charge is 0.306 e. The van der Waals surface area contributed by atoms with E-state index < -0.39 is 0 Å². The topological polar surface area (TPSA) is 66.8 Å². The first-order valence-electron chi connectivity index (χ1n) is 4.61. The minimum Gasteiger partial charge on any atom is -0.466 e. The molecule has 0 aliphatic heterocycles. The van der Waals surface area contributed by atoms with E-state index in [-0.39, 0.29) is 31.5 Å². The van der Waals surface area contributed by atoms with Crippen LogP contribution in [0.2, 0.25) is 0 Å². The molecule has 0 heterocycles. The van der Waals surface area contributed by atoms with Gasteiger partial charge in [-0.15, -0.1) is 0 Å². The maximum Gasteiger partial charge on any atom is 0.306 e. The Kier molecular flexibility index (Phi) is 7.63. The van der Waals surface area contributed by atoms with E-state index in [9.17, 15) is 4.79 Å². The van der Waals surface area contributed by atoms with Crippen LogP contribution in [0.25, 0.3) is 0 Å². The highest BCUT2D eigenvalue weighted by Crippen LogP contribution is 2.13. The van der Waals surface area contributed by atoms with Gasteiger partial charge in [-0.25, -0.2) is 0 Å². The molecule has 0 aromatic heterocycles. The number of aliphatic hydroxyl groups excluding tert-OH is 2. The van der Waals surface area contributed by atoms with Gasteiger partial charge < -0.3 is 14.9 Å². The molecule has 0 aliphatic rings. The number of rotatable bonds is 7. The van der Waals surface area contributed by atoms with Crippen molar-refractivity contribution in [3.63, 3.8) is 0 Å². The Morgan fingerprint density at radius 1 is 1.31 bits per heavy atom. The lowest BCUT2D eigenvalue weighted by Crippen LogP contribution is -2.14. The van der Waals surface area contributed by atoms with Crippen molar-refractivity contribution in [1.29, 1.82) is 0 Å². The third-order valence-electron chi connectivity index (χ3n) is 1.84. The first kappa shape index (κ1) is 12.4. The lowest BCUT2D eigenvalue weighted by molar-refractivity contribution is -0.144. The quantitative estimate of drug-likeness (QED) is 0.567. The molecule has 0 amide bonds. The summed E-state index contributed by atoms with van der Waals surface area (Å²) >= 11 is 0. The maximum atomic E-state index is 11.0. The lowest BCUT2D eigenvalue weighted by atomic mass is 9.98. The summed E-state index contributed by atoms with van der Waals surface area (Å²) in [6.45, 7) is 2.23. The first-order valence-corrected chi connectivity index (χ1v) is 4.61. The number of hydrogen-bond donors (Lipinski definition) is 2. The SMILES string of the molecule is CCOC(=O)CC(CCO)CCO. The molecule has 0 fully saturated rings. The number of carbonyl (C=O) groups is 1. The predicted molar refractivity (Wildman–Crippen MR) is 48.1 cm³/mol. The van der Waals surface area contributed by atoms with Crippen molar-refractivity contribution in [2.24, 2.45) is 5.92 Å². The second-order valence-corrected chi connectivity index (χ2v) is 2.90. The Morgan fingerprint density at radius 2 is 1.85 bits per heavy atom. The summed E-state index contributed by atoms with van der Waals surface area (Å²) in [5.74, 6) is -0.219. The van der Waals surface area contributed by atoms with Crippen LogP contribution in [0.5, 0.6) is 0 Å². The van der Waals surface area contributed by atoms with E-state index in [0.29, 0.717) is 19.4 Å². The van der Waals surface area contributed by atoms with Gasteiger partial charge in [0.1, 0.15) is 0 Å². The highest BCUT2D eigenvalue weighted by atomic mass is 16.5. The molecule has 0 unspecified atom stereocenters. The minimum atomic E-state index is -0.255. The van der Waals surface area contributed by atoms with Gasteiger partial charge in [-0.3, -0.25) is 4.79 Å². The fraction of sp³-hybridized carbons (Fsp3) is 0.889. The van der Waals surface area contributed by atoms with Crippen LogP contribution in [0.3, 0.4) is 0 Å². The molecule has 0 aliphatic carbocycles. The van der Waals surface area contributed by atoms with E-state index in [0.717, 1.165) is 0 Å². The minimum absolute atomic E-state index is 0.0362. The Labute approximate surface area is 78.5 Å². The Morgan fingerprint density at radius 3 is 2.23 bits per heavy atom. The van der Waals surface area contributed by atoms with Crippen molar-refractivity contribution in [3.8, 4) is 0 Å². The molecule has 0 rings (SSSR count). The molecule has 4 heteroatoms. The molecule has 2 N–H and O–H groups in total. The molecule has 4 nitrogen and oxygen atoms in total. The van der Waals surface area contributed by atoms with Gasteiger partial charge in [-0.2, -0.15) is 0 Å². The van der Waals surface area contributed by atoms with Crippen molar-refractivity contribution in [2.75, 3.05) is 19.8 Å². The van der Waals surface area contributed by atoms with Gasteiger partial charge in [-0.05, 0) is 25.7 Å². The van der Waals surface area contributed by atoms with E-state index >= 15 is 0 Å². The van der Waals surface area contributed by atoms with Crippen LogP contribution in [0, 0.1) is 5.92 Å². The van der Waals surface area contributed by atoms with Gasteiger partial charge in [0.15, 0.2) is 0 Å². The lowest BCUT2D eigenvalue weighted by Gasteiger charge is -2.12. The molecule has 0 atom stereocenters. The van der Waals surface area contributed by atoms with Gasteiger partial charge in [0, 0.05) is 19.6 Å². The summed E-state index contributed by atoms with van der Waals surface area (Å²) in [6, 6.07) is 0. The van der Waals surface area contributed by atoms with Gasteiger partial charge in [-0.1, -0.05) is 0 Å².